The highest BCUT2D eigenvalue weighted by molar-refractivity contribution is 5.78. The van der Waals surface area contributed by atoms with Crippen molar-refractivity contribution in [2.75, 3.05) is 25.6 Å². The number of pyridine rings is 1. The third kappa shape index (κ3) is 3.68. The van der Waals surface area contributed by atoms with Gasteiger partial charge in [0.1, 0.15) is 12.4 Å². The molecule has 1 N–H and O–H groups in total. The van der Waals surface area contributed by atoms with Crippen molar-refractivity contribution < 1.29 is 9.53 Å². The van der Waals surface area contributed by atoms with E-state index in [9.17, 15) is 4.79 Å². The van der Waals surface area contributed by atoms with Crippen molar-refractivity contribution in [1.82, 2.24) is 19.9 Å². The van der Waals surface area contributed by atoms with Crippen molar-refractivity contribution >= 4 is 17.7 Å². The molecule has 1 aliphatic rings. The lowest BCUT2D eigenvalue weighted by Gasteiger charge is -2.24. The molecule has 0 saturated carbocycles. The number of ether oxygens (including phenoxy) is 1. The molecular weight excluding hydrogens is 306 g/mol. The summed E-state index contributed by atoms with van der Waals surface area (Å²) in [5.41, 5.74) is 1.93. The first-order valence-electron chi connectivity index (χ1n) is 7.98. The van der Waals surface area contributed by atoms with E-state index in [1.165, 1.54) is 7.11 Å². The van der Waals surface area contributed by atoms with Gasteiger partial charge in [-0.05, 0) is 37.5 Å². The van der Waals surface area contributed by atoms with Crippen LogP contribution in [0.2, 0.25) is 0 Å². The van der Waals surface area contributed by atoms with Gasteiger partial charge >= 0.3 is 0 Å². The molecule has 1 aliphatic heterocycles. The van der Waals surface area contributed by atoms with Crippen LogP contribution in [0, 0.1) is 6.92 Å². The van der Waals surface area contributed by atoms with Crippen LogP contribution in [0.4, 0.5) is 11.8 Å². The molecular formula is C17H21N5O2. The standard InChI is InChI=1S/C17H21N5O2/c1-12-5-6-15(19-10-12)21-17-18-8-7-13(20-17)14-4-3-9-22(14)16(23)11-24-2/h5-8,10,14H,3-4,9,11H2,1-2H3,(H,18,19,20,21). The van der Waals surface area contributed by atoms with Gasteiger partial charge in [-0.2, -0.15) is 0 Å². The number of aryl methyl sites for hydroxylation is 1. The quantitative estimate of drug-likeness (QED) is 0.907. The van der Waals surface area contributed by atoms with E-state index in [0.717, 1.165) is 30.6 Å². The maximum Gasteiger partial charge on any atom is 0.249 e. The number of aromatic nitrogens is 3. The second-order valence-corrected chi connectivity index (χ2v) is 5.83. The van der Waals surface area contributed by atoms with Gasteiger partial charge in [-0.15, -0.1) is 0 Å². The number of likely N-dealkylation sites (tertiary alicyclic amines) is 1. The molecule has 3 rings (SSSR count). The molecule has 24 heavy (non-hydrogen) atoms. The zero-order valence-corrected chi connectivity index (χ0v) is 13.9. The zero-order chi connectivity index (χ0) is 16.9. The molecule has 0 aliphatic carbocycles. The normalized spacial score (nSPS) is 17.1. The Hall–Kier alpha value is -2.54. The maximum absolute atomic E-state index is 12.2. The molecule has 1 saturated heterocycles. The summed E-state index contributed by atoms with van der Waals surface area (Å²) in [6, 6.07) is 5.69. The molecule has 0 radical (unpaired) electrons. The lowest BCUT2D eigenvalue weighted by molar-refractivity contribution is -0.136. The summed E-state index contributed by atoms with van der Waals surface area (Å²) >= 11 is 0. The van der Waals surface area contributed by atoms with Crippen molar-refractivity contribution in [3.63, 3.8) is 0 Å². The van der Waals surface area contributed by atoms with Crippen LogP contribution in [0.15, 0.2) is 30.6 Å². The van der Waals surface area contributed by atoms with Crippen LogP contribution >= 0.6 is 0 Å². The fourth-order valence-electron chi connectivity index (χ4n) is 2.85. The first-order valence-corrected chi connectivity index (χ1v) is 7.98. The Morgan fingerprint density at radius 2 is 2.25 bits per heavy atom. The molecule has 2 aromatic heterocycles. The molecule has 7 heteroatoms. The van der Waals surface area contributed by atoms with Gasteiger partial charge in [-0.3, -0.25) is 4.79 Å². The van der Waals surface area contributed by atoms with Crippen LogP contribution in [0.3, 0.4) is 0 Å². The van der Waals surface area contributed by atoms with E-state index in [1.54, 1.807) is 12.4 Å². The van der Waals surface area contributed by atoms with Gasteiger partial charge in [0.05, 0.1) is 11.7 Å². The van der Waals surface area contributed by atoms with Crippen LogP contribution in [-0.2, 0) is 9.53 Å². The highest BCUT2D eigenvalue weighted by Gasteiger charge is 2.30. The maximum atomic E-state index is 12.2. The number of nitrogens with zero attached hydrogens (tertiary/aromatic N) is 4. The molecule has 0 spiro atoms. The van der Waals surface area contributed by atoms with Gasteiger partial charge < -0.3 is 15.0 Å². The third-order valence-corrected chi connectivity index (χ3v) is 4.01. The predicted molar refractivity (Wildman–Crippen MR) is 89.9 cm³/mol. The van der Waals surface area contributed by atoms with Gasteiger partial charge in [-0.1, -0.05) is 6.07 Å². The first-order chi connectivity index (χ1) is 11.7. The Balaban J connectivity index is 1.77. The number of nitrogens with one attached hydrogen (secondary N) is 1. The summed E-state index contributed by atoms with van der Waals surface area (Å²) in [7, 11) is 1.53. The average Bonchev–Trinajstić information content (AvgIpc) is 3.07. The minimum absolute atomic E-state index is 0.00618. The molecule has 1 atom stereocenters. The van der Waals surface area contributed by atoms with Crippen molar-refractivity contribution in [2.24, 2.45) is 0 Å². The second-order valence-electron chi connectivity index (χ2n) is 5.83. The number of carbonyl (C=O) groups is 1. The minimum atomic E-state index is -0.0258. The Kier molecular flexibility index (Phi) is 5.00. The Labute approximate surface area is 141 Å². The van der Waals surface area contributed by atoms with Gasteiger partial charge in [0, 0.05) is 26.0 Å². The van der Waals surface area contributed by atoms with E-state index in [-0.39, 0.29) is 18.6 Å². The summed E-state index contributed by atoms with van der Waals surface area (Å²) < 4.78 is 4.97. The molecule has 1 unspecified atom stereocenters. The van der Waals surface area contributed by atoms with Crippen molar-refractivity contribution in [1.29, 1.82) is 0 Å². The fourth-order valence-corrected chi connectivity index (χ4v) is 2.85. The smallest absolute Gasteiger partial charge is 0.249 e. The fraction of sp³-hybridized carbons (Fsp3) is 0.412. The number of methoxy groups -OCH3 is 1. The zero-order valence-electron chi connectivity index (χ0n) is 13.9. The molecule has 126 valence electrons. The number of hydrogen-bond donors (Lipinski definition) is 1. The SMILES string of the molecule is COCC(=O)N1CCCC1c1ccnc(Nc2ccc(C)cn2)n1. The molecule has 7 nitrogen and oxygen atoms in total. The highest BCUT2D eigenvalue weighted by Crippen LogP contribution is 2.31. The molecule has 2 aromatic rings. The number of amides is 1. The second kappa shape index (κ2) is 7.35. The van der Waals surface area contributed by atoms with E-state index in [4.69, 9.17) is 4.74 Å². The number of anilines is 2. The lowest BCUT2D eigenvalue weighted by Crippen LogP contribution is -2.33. The molecule has 3 heterocycles. The topological polar surface area (TPSA) is 80.2 Å². The van der Waals surface area contributed by atoms with Crippen LogP contribution < -0.4 is 5.32 Å². The van der Waals surface area contributed by atoms with Crippen LogP contribution in [0.1, 0.15) is 30.1 Å². The van der Waals surface area contributed by atoms with E-state index >= 15 is 0 Å². The van der Waals surface area contributed by atoms with E-state index < -0.39 is 0 Å². The molecule has 0 aromatic carbocycles. The number of rotatable bonds is 5. The third-order valence-electron chi connectivity index (χ3n) is 4.01. The monoisotopic (exact) mass is 327 g/mol. The Morgan fingerprint density at radius 3 is 3.00 bits per heavy atom. The van der Waals surface area contributed by atoms with Crippen LogP contribution in [0.5, 0.6) is 0 Å². The average molecular weight is 327 g/mol. The van der Waals surface area contributed by atoms with E-state index in [0.29, 0.717) is 11.8 Å². The minimum Gasteiger partial charge on any atom is -0.375 e. The summed E-state index contributed by atoms with van der Waals surface area (Å²) in [5.74, 6) is 1.17. The van der Waals surface area contributed by atoms with Gasteiger partial charge in [0.15, 0.2) is 0 Å². The van der Waals surface area contributed by atoms with Gasteiger partial charge in [0.2, 0.25) is 11.9 Å². The van der Waals surface area contributed by atoms with Gasteiger partial charge in [-0.25, -0.2) is 15.0 Å². The van der Waals surface area contributed by atoms with Crippen LogP contribution in [-0.4, -0.2) is 46.0 Å². The molecule has 0 bridgehead atoms. The van der Waals surface area contributed by atoms with Crippen molar-refractivity contribution in [3.8, 4) is 0 Å². The summed E-state index contributed by atoms with van der Waals surface area (Å²) in [5, 5.41) is 3.10. The van der Waals surface area contributed by atoms with Crippen molar-refractivity contribution in [3.05, 3.63) is 41.9 Å². The van der Waals surface area contributed by atoms with E-state index in [1.807, 2.05) is 30.0 Å². The first kappa shape index (κ1) is 16.3. The lowest BCUT2D eigenvalue weighted by atomic mass is 10.1. The molecule has 1 fully saturated rings. The highest BCUT2D eigenvalue weighted by atomic mass is 16.5. The van der Waals surface area contributed by atoms with E-state index in [2.05, 4.69) is 20.3 Å². The summed E-state index contributed by atoms with van der Waals surface area (Å²) in [6.07, 6.45) is 5.35. The Morgan fingerprint density at radius 1 is 1.38 bits per heavy atom. The van der Waals surface area contributed by atoms with Crippen LogP contribution in [0.25, 0.3) is 0 Å². The Bertz CT molecular complexity index is 704. The largest absolute Gasteiger partial charge is 0.375 e. The van der Waals surface area contributed by atoms with Gasteiger partial charge in [0.25, 0.3) is 0 Å². The number of carbonyl (C=O) groups excluding carboxylic acids is 1. The summed E-state index contributed by atoms with van der Waals surface area (Å²) in [4.78, 5) is 27.1. The number of hydrogen-bond acceptors (Lipinski definition) is 6. The summed E-state index contributed by atoms with van der Waals surface area (Å²) in [6.45, 7) is 2.82. The molecule has 1 amide bonds. The van der Waals surface area contributed by atoms with Crippen molar-refractivity contribution in [2.45, 2.75) is 25.8 Å². The predicted octanol–water partition coefficient (Wildman–Crippen LogP) is 2.23.